The second-order valence-electron chi connectivity index (χ2n) is 15.1. The number of nitrogens with one attached hydrogen (secondary N) is 2. The number of hydrogen-bond acceptors (Lipinski definition) is 13. The zero-order valence-corrected chi connectivity index (χ0v) is 31.8. The van der Waals surface area contributed by atoms with Gasteiger partial charge in [-0.1, -0.05) is 50.2 Å². The van der Waals surface area contributed by atoms with Crippen LogP contribution in [0.4, 0.5) is 5.82 Å². The number of phenolic OH excluding ortho intramolecular Hbond substituents is 1. The van der Waals surface area contributed by atoms with Crippen LogP contribution in [0.5, 0.6) is 11.6 Å². The molecule has 2 amide bonds. The molecule has 55 heavy (non-hydrogen) atoms. The minimum Gasteiger partial charge on any atom is -0.507 e. The average Bonchev–Trinajstić information content (AvgIpc) is 3.97. The molecule has 3 aliphatic heterocycles. The van der Waals surface area contributed by atoms with Crippen molar-refractivity contribution in [2.75, 3.05) is 38.1 Å². The lowest BCUT2D eigenvalue weighted by molar-refractivity contribution is -0.141. The van der Waals surface area contributed by atoms with E-state index in [1.54, 1.807) is 29.5 Å². The number of aliphatic hydroxyl groups excluding tert-OH is 1. The Morgan fingerprint density at radius 3 is 2.67 bits per heavy atom. The SMILES string of the molecule is Cc1ncsc1-c1ccc(CNC(=O)[C@@H]2C[C@@H](O)CN2C(=O)C(c2cc(OCCN3CC4(Cc5cc(-c6ccccc6O)nnc5N4)C3)no2)C(C)C)cc1. The molecule has 286 valence electrons. The summed E-state index contributed by atoms with van der Waals surface area (Å²) in [7, 11) is 0. The fourth-order valence-electron chi connectivity index (χ4n) is 7.96. The molecule has 0 aliphatic carbocycles. The highest BCUT2D eigenvalue weighted by Gasteiger charge is 2.48. The predicted octanol–water partition coefficient (Wildman–Crippen LogP) is 4.39. The van der Waals surface area contributed by atoms with Gasteiger partial charge in [-0.25, -0.2) is 4.98 Å². The number of para-hydroxylation sites is 1. The first-order valence-electron chi connectivity index (χ1n) is 18.6. The number of nitrogens with zero attached hydrogens (tertiary/aromatic N) is 6. The van der Waals surface area contributed by atoms with Gasteiger partial charge in [-0.2, -0.15) is 0 Å². The molecule has 1 unspecified atom stereocenters. The zero-order valence-electron chi connectivity index (χ0n) is 30.9. The molecule has 0 saturated carbocycles. The molecule has 2 saturated heterocycles. The molecule has 3 aromatic heterocycles. The van der Waals surface area contributed by atoms with Gasteiger partial charge in [-0.3, -0.25) is 14.5 Å². The number of aromatic nitrogens is 4. The van der Waals surface area contributed by atoms with Crippen molar-refractivity contribution < 1.29 is 29.1 Å². The smallest absolute Gasteiger partial charge is 0.254 e. The second kappa shape index (κ2) is 15.0. The van der Waals surface area contributed by atoms with E-state index in [0.29, 0.717) is 36.7 Å². The van der Waals surface area contributed by atoms with E-state index in [2.05, 4.69) is 35.9 Å². The molecule has 3 atom stereocenters. The van der Waals surface area contributed by atoms with Crippen LogP contribution in [0.25, 0.3) is 21.7 Å². The lowest BCUT2D eigenvalue weighted by Crippen LogP contribution is -2.65. The number of aromatic hydroxyl groups is 1. The fourth-order valence-corrected chi connectivity index (χ4v) is 8.77. The molecular formula is C40H44N8O6S. The lowest BCUT2D eigenvalue weighted by Gasteiger charge is -2.48. The van der Waals surface area contributed by atoms with Crippen LogP contribution >= 0.6 is 11.3 Å². The van der Waals surface area contributed by atoms with Crippen LogP contribution in [0.3, 0.4) is 0 Å². The Hall–Kier alpha value is -5.38. The zero-order chi connectivity index (χ0) is 38.3. The molecule has 6 heterocycles. The summed E-state index contributed by atoms with van der Waals surface area (Å²) < 4.78 is 11.6. The molecule has 3 aliphatic rings. The standard InChI is InChI=1S/C40H44N8O6S/c1-23(2)35(39(52)48-19-28(49)15-31(48)38(51)41-18-25-8-10-26(11-9-25)36-24(3)42-22-55-36)33-16-34(46-54-33)53-13-12-47-20-40(21-47)17-27-14-30(44-45-37(27)43-40)29-6-4-5-7-32(29)50/h4-11,14,16,22-23,28,31,35,49-50H,12-13,15,17-21H2,1-3H3,(H,41,51)(H,43,45)/t28-,31+,35?/m1/s1. The van der Waals surface area contributed by atoms with E-state index in [1.165, 1.54) is 4.90 Å². The molecule has 8 rings (SSSR count). The summed E-state index contributed by atoms with van der Waals surface area (Å²) in [6, 6.07) is 17.9. The summed E-state index contributed by atoms with van der Waals surface area (Å²) in [5.74, 6) is 0.0935. The summed E-state index contributed by atoms with van der Waals surface area (Å²) in [6.45, 7) is 8.82. The van der Waals surface area contributed by atoms with Crippen LogP contribution in [0.1, 0.15) is 48.8 Å². The van der Waals surface area contributed by atoms with E-state index in [1.807, 2.05) is 68.7 Å². The third kappa shape index (κ3) is 7.51. The number of rotatable bonds is 12. The normalized spacial score (nSPS) is 19.3. The molecule has 2 aromatic carbocycles. The molecule has 15 heteroatoms. The topological polar surface area (TPSA) is 179 Å². The maximum Gasteiger partial charge on any atom is 0.254 e. The van der Waals surface area contributed by atoms with E-state index < -0.39 is 18.1 Å². The number of carbonyl (C=O) groups is 2. The highest BCUT2D eigenvalue weighted by Crippen LogP contribution is 2.39. The summed E-state index contributed by atoms with van der Waals surface area (Å²) in [5.41, 5.74) is 7.06. The number of amides is 2. The number of β-amino-alcohol motifs (C(OH)–C–C–N with tert-alkyl or cyclic N) is 1. The summed E-state index contributed by atoms with van der Waals surface area (Å²) in [4.78, 5) is 36.6. The number of aliphatic hydroxyl groups is 1. The number of benzene rings is 2. The minimum absolute atomic E-state index is 0.0577. The monoisotopic (exact) mass is 764 g/mol. The number of ether oxygens (including phenoxy) is 1. The molecule has 4 N–H and O–H groups in total. The van der Waals surface area contributed by atoms with Crippen LogP contribution in [-0.2, 0) is 22.6 Å². The van der Waals surface area contributed by atoms with E-state index in [4.69, 9.17) is 9.26 Å². The Bertz CT molecular complexity index is 2180. The van der Waals surface area contributed by atoms with Gasteiger partial charge in [0.1, 0.15) is 24.3 Å². The van der Waals surface area contributed by atoms with Crippen molar-refractivity contribution in [3.63, 3.8) is 0 Å². The van der Waals surface area contributed by atoms with Gasteiger partial charge < -0.3 is 35.0 Å². The first-order chi connectivity index (χ1) is 26.6. The second-order valence-corrected chi connectivity index (χ2v) is 16.0. The fraction of sp³-hybridized carbons (Fsp3) is 0.400. The van der Waals surface area contributed by atoms with Gasteiger partial charge in [0.2, 0.25) is 11.8 Å². The molecule has 0 radical (unpaired) electrons. The molecule has 5 aromatic rings. The van der Waals surface area contributed by atoms with Crippen molar-refractivity contribution in [2.45, 2.75) is 63.8 Å². The van der Waals surface area contributed by atoms with Gasteiger partial charge in [0.25, 0.3) is 5.88 Å². The van der Waals surface area contributed by atoms with Gasteiger partial charge in [-0.15, -0.1) is 21.5 Å². The number of hydrogen-bond donors (Lipinski definition) is 4. The number of likely N-dealkylation sites (tertiary alicyclic amines) is 2. The summed E-state index contributed by atoms with van der Waals surface area (Å²) in [5, 5.41) is 40.2. The van der Waals surface area contributed by atoms with E-state index in [-0.39, 0.29) is 47.9 Å². The van der Waals surface area contributed by atoms with Gasteiger partial charge in [0.15, 0.2) is 11.6 Å². The van der Waals surface area contributed by atoms with Gasteiger partial charge >= 0.3 is 0 Å². The molecular weight excluding hydrogens is 721 g/mol. The third-order valence-corrected chi connectivity index (χ3v) is 11.7. The van der Waals surface area contributed by atoms with Crippen LogP contribution in [-0.4, -0.2) is 103 Å². The lowest BCUT2D eigenvalue weighted by atomic mass is 9.87. The number of carbonyl (C=O) groups excluding carboxylic acids is 2. The van der Waals surface area contributed by atoms with E-state index >= 15 is 0 Å². The molecule has 0 bridgehead atoms. The van der Waals surface area contributed by atoms with Crippen molar-refractivity contribution in [3.05, 3.63) is 88.8 Å². The Labute approximate surface area is 322 Å². The van der Waals surface area contributed by atoms with Crippen molar-refractivity contribution in [2.24, 2.45) is 5.92 Å². The molecule has 2 fully saturated rings. The first-order valence-corrected chi connectivity index (χ1v) is 19.4. The Kier molecular flexibility index (Phi) is 10.0. The maximum atomic E-state index is 14.0. The molecule has 14 nitrogen and oxygen atoms in total. The molecule has 1 spiro atoms. The van der Waals surface area contributed by atoms with Gasteiger partial charge in [0.05, 0.1) is 33.4 Å². The highest BCUT2D eigenvalue weighted by atomic mass is 32.1. The number of phenols is 1. The first kappa shape index (κ1) is 36.6. The average molecular weight is 765 g/mol. The van der Waals surface area contributed by atoms with E-state index in [0.717, 1.165) is 52.6 Å². The third-order valence-electron chi connectivity index (χ3n) is 10.7. The van der Waals surface area contributed by atoms with Gasteiger partial charge in [-0.05, 0) is 47.3 Å². The van der Waals surface area contributed by atoms with Crippen LogP contribution in [0, 0.1) is 12.8 Å². The minimum atomic E-state index is -0.813. The van der Waals surface area contributed by atoms with Crippen molar-refractivity contribution in [1.82, 2.24) is 35.5 Å². The predicted molar refractivity (Wildman–Crippen MR) is 205 cm³/mol. The Morgan fingerprint density at radius 2 is 1.93 bits per heavy atom. The quantitative estimate of drug-likeness (QED) is 0.141. The van der Waals surface area contributed by atoms with Crippen LogP contribution in [0.2, 0.25) is 0 Å². The van der Waals surface area contributed by atoms with Crippen molar-refractivity contribution in [1.29, 1.82) is 0 Å². The van der Waals surface area contributed by atoms with E-state index in [9.17, 15) is 19.8 Å². The van der Waals surface area contributed by atoms with Crippen molar-refractivity contribution in [3.8, 4) is 33.3 Å². The number of thiazole rings is 1. The largest absolute Gasteiger partial charge is 0.507 e. The van der Waals surface area contributed by atoms with Gasteiger partial charge in [0, 0.05) is 62.8 Å². The Morgan fingerprint density at radius 1 is 1.13 bits per heavy atom. The summed E-state index contributed by atoms with van der Waals surface area (Å²) in [6.07, 6.45) is 0.153. The number of aryl methyl sites for hydroxylation is 1. The Balaban J connectivity index is 0.828. The maximum absolute atomic E-state index is 14.0. The van der Waals surface area contributed by atoms with Crippen LogP contribution < -0.4 is 15.4 Å². The van der Waals surface area contributed by atoms with Crippen LogP contribution in [0.15, 0.2) is 70.7 Å². The number of fused-ring (bicyclic) bond motifs is 1. The number of anilines is 1. The van der Waals surface area contributed by atoms with Crippen molar-refractivity contribution >= 4 is 29.0 Å². The summed E-state index contributed by atoms with van der Waals surface area (Å²) >= 11 is 1.59. The highest BCUT2D eigenvalue weighted by molar-refractivity contribution is 7.13.